The van der Waals surface area contributed by atoms with Gasteiger partial charge < -0.3 is 14.6 Å². The largest absolute Gasteiger partial charge is 0.487 e. The van der Waals surface area contributed by atoms with Crippen LogP contribution in [0.5, 0.6) is 5.75 Å². The molecule has 1 aromatic carbocycles. The summed E-state index contributed by atoms with van der Waals surface area (Å²) in [7, 11) is 0. The second-order valence-corrected chi connectivity index (χ2v) is 5.47. The molecule has 1 N–H and O–H groups in total. The van der Waals surface area contributed by atoms with Gasteiger partial charge in [0.15, 0.2) is 0 Å². The zero-order chi connectivity index (χ0) is 14.7. The fraction of sp³-hybridized carbons (Fsp3) is 0.471. The van der Waals surface area contributed by atoms with Gasteiger partial charge in [0.1, 0.15) is 12.4 Å². The summed E-state index contributed by atoms with van der Waals surface area (Å²) in [6, 6.07) is 7.00. The van der Waals surface area contributed by atoms with E-state index in [1.807, 2.05) is 12.5 Å². The van der Waals surface area contributed by atoms with E-state index in [4.69, 9.17) is 4.74 Å². The van der Waals surface area contributed by atoms with Gasteiger partial charge in [0.25, 0.3) is 0 Å². The van der Waals surface area contributed by atoms with Crippen molar-refractivity contribution in [2.24, 2.45) is 0 Å². The van der Waals surface area contributed by atoms with E-state index in [-0.39, 0.29) is 0 Å². The quantitative estimate of drug-likeness (QED) is 0.886. The molecule has 1 aliphatic carbocycles. The van der Waals surface area contributed by atoms with Gasteiger partial charge in [-0.25, -0.2) is 4.98 Å². The molecule has 1 aliphatic rings. The molecule has 0 radical (unpaired) electrons. The molecule has 4 heteroatoms. The molecular weight excluding hydrogens is 262 g/mol. The average molecular weight is 285 g/mol. The third kappa shape index (κ3) is 2.95. The van der Waals surface area contributed by atoms with Gasteiger partial charge in [0.05, 0.1) is 18.2 Å². The van der Waals surface area contributed by atoms with E-state index in [1.165, 1.54) is 17.5 Å². The zero-order valence-corrected chi connectivity index (χ0v) is 12.8. The van der Waals surface area contributed by atoms with Crippen LogP contribution in [0.1, 0.15) is 43.1 Å². The molecule has 4 nitrogen and oxygen atoms in total. The van der Waals surface area contributed by atoms with E-state index in [0.717, 1.165) is 31.0 Å². The van der Waals surface area contributed by atoms with Crippen LogP contribution in [0, 0.1) is 0 Å². The lowest BCUT2D eigenvalue weighted by molar-refractivity contribution is 0.295. The van der Waals surface area contributed by atoms with Crippen LogP contribution in [0.3, 0.4) is 0 Å². The summed E-state index contributed by atoms with van der Waals surface area (Å²) < 4.78 is 8.04. The average Bonchev–Trinajstić information content (AvgIpc) is 3.12. The lowest BCUT2D eigenvalue weighted by Crippen LogP contribution is -2.18. The summed E-state index contributed by atoms with van der Waals surface area (Å²) in [5, 5.41) is 3.54. The summed E-state index contributed by atoms with van der Waals surface area (Å²) in [5.74, 6) is 0.953. The van der Waals surface area contributed by atoms with E-state index in [2.05, 4.69) is 46.9 Å². The molecule has 1 atom stereocenters. The van der Waals surface area contributed by atoms with Gasteiger partial charge in [0, 0.05) is 12.6 Å². The maximum Gasteiger partial charge on any atom is 0.130 e. The monoisotopic (exact) mass is 285 g/mol. The number of nitrogens with one attached hydrogen (secondary N) is 1. The second kappa shape index (κ2) is 6.31. The number of aryl methyl sites for hydroxylation is 2. The minimum absolute atomic E-state index is 0.514. The van der Waals surface area contributed by atoms with Gasteiger partial charge in [-0.2, -0.15) is 0 Å². The third-order valence-corrected chi connectivity index (χ3v) is 4.17. The zero-order valence-electron chi connectivity index (χ0n) is 12.8. The summed E-state index contributed by atoms with van der Waals surface area (Å²) >= 11 is 0. The highest BCUT2D eigenvalue weighted by Crippen LogP contribution is 2.33. The van der Waals surface area contributed by atoms with Crippen molar-refractivity contribution in [1.82, 2.24) is 14.9 Å². The Bertz CT molecular complexity index is 606. The van der Waals surface area contributed by atoms with Gasteiger partial charge in [0.2, 0.25) is 0 Å². The van der Waals surface area contributed by atoms with Crippen molar-refractivity contribution in [3.63, 3.8) is 0 Å². The SMILES string of the molecule is CCNC1CCc2cc(OCc3cncn3CC)ccc21. The first kappa shape index (κ1) is 14.1. The third-order valence-electron chi connectivity index (χ3n) is 4.17. The van der Waals surface area contributed by atoms with E-state index in [9.17, 15) is 0 Å². The maximum absolute atomic E-state index is 5.93. The Morgan fingerprint density at radius 3 is 3.10 bits per heavy atom. The Morgan fingerprint density at radius 2 is 2.29 bits per heavy atom. The van der Waals surface area contributed by atoms with Crippen molar-refractivity contribution in [1.29, 1.82) is 0 Å². The Kier molecular flexibility index (Phi) is 4.25. The topological polar surface area (TPSA) is 39.1 Å². The van der Waals surface area contributed by atoms with Crippen LogP contribution in [0.15, 0.2) is 30.7 Å². The van der Waals surface area contributed by atoms with Gasteiger partial charge in [-0.15, -0.1) is 0 Å². The van der Waals surface area contributed by atoms with Crippen LogP contribution in [0.2, 0.25) is 0 Å². The molecule has 0 fully saturated rings. The van der Waals surface area contributed by atoms with Gasteiger partial charge in [-0.1, -0.05) is 13.0 Å². The van der Waals surface area contributed by atoms with Crippen molar-refractivity contribution < 1.29 is 4.74 Å². The minimum Gasteiger partial charge on any atom is -0.487 e. The Labute approximate surface area is 126 Å². The first-order chi connectivity index (χ1) is 10.3. The minimum atomic E-state index is 0.514. The molecule has 0 saturated carbocycles. The smallest absolute Gasteiger partial charge is 0.130 e. The molecule has 0 saturated heterocycles. The highest BCUT2D eigenvalue weighted by atomic mass is 16.5. The summed E-state index contributed by atoms with van der Waals surface area (Å²) in [6.07, 6.45) is 6.05. The molecular formula is C17H23N3O. The van der Waals surface area contributed by atoms with Crippen molar-refractivity contribution >= 4 is 0 Å². The Morgan fingerprint density at radius 1 is 1.38 bits per heavy atom. The first-order valence-electron chi connectivity index (χ1n) is 7.79. The van der Waals surface area contributed by atoms with Crippen LogP contribution in [-0.2, 0) is 19.6 Å². The van der Waals surface area contributed by atoms with E-state index in [0.29, 0.717) is 12.6 Å². The van der Waals surface area contributed by atoms with Gasteiger partial charge >= 0.3 is 0 Å². The number of benzene rings is 1. The molecule has 3 rings (SSSR count). The number of rotatable bonds is 6. The van der Waals surface area contributed by atoms with E-state index in [1.54, 1.807) is 0 Å². The molecule has 1 aromatic heterocycles. The fourth-order valence-electron chi connectivity index (χ4n) is 3.05. The lowest BCUT2D eigenvalue weighted by Gasteiger charge is -2.13. The maximum atomic E-state index is 5.93. The summed E-state index contributed by atoms with van der Waals surface area (Å²) in [4.78, 5) is 4.17. The number of hydrogen-bond donors (Lipinski definition) is 1. The number of fused-ring (bicyclic) bond motifs is 1. The molecule has 1 heterocycles. The van der Waals surface area contributed by atoms with E-state index < -0.39 is 0 Å². The standard InChI is InChI=1S/C17H23N3O/c1-3-19-17-8-5-13-9-15(6-7-16(13)17)21-11-14-10-18-12-20(14)4-2/h6-7,9-10,12,17,19H,3-5,8,11H2,1-2H3. The summed E-state index contributed by atoms with van der Waals surface area (Å²) in [5.41, 5.74) is 3.97. The van der Waals surface area contributed by atoms with Crippen LogP contribution in [0.4, 0.5) is 0 Å². The lowest BCUT2D eigenvalue weighted by atomic mass is 10.1. The molecule has 0 amide bonds. The van der Waals surface area contributed by atoms with Crippen molar-refractivity contribution in [2.75, 3.05) is 6.54 Å². The van der Waals surface area contributed by atoms with Gasteiger partial charge in [-0.05, 0) is 49.6 Å². The van der Waals surface area contributed by atoms with Crippen molar-refractivity contribution in [3.05, 3.63) is 47.5 Å². The molecule has 1 unspecified atom stereocenters. The molecule has 0 aliphatic heterocycles. The van der Waals surface area contributed by atoms with Crippen LogP contribution in [0.25, 0.3) is 0 Å². The number of hydrogen-bond acceptors (Lipinski definition) is 3. The number of imidazole rings is 1. The van der Waals surface area contributed by atoms with Gasteiger partial charge in [-0.3, -0.25) is 0 Å². The second-order valence-electron chi connectivity index (χ2n) is 5.47. The molecule has 2 aromatic rings. The Balaban J connectivity index is 1.68. The first-order valence-corrected chi connectivity index (χ1v) is 7.79. The van der Waals surface area contributed by atoms with Crippen LogP contribution >= 0.6 is 0 Å². The normalized spacial score (nSPS) is 17.0. The summed E-state index contributed by atoms with van der Waals surface area (Å²) in [6.45, 7) is 6.79. The fourth-order valence-corrected chi connectivity index (χ4v) is 3.05. The number of ether oxygens (including phenoxy) is 1. The van der Waals surface area contributed by atoms with Crippen LogP contribution in [-0.4, -0.2) is 16.1 Å². The molecule has 0 bridgehead atoms. The number of aromatic nitrogens is 2. The Hall–Kier alpha value is -1.81. The highest BCUT2D eigenvalue weighted by molar-refractivity contribution is 5.40. The molecule has 0 spiro atoms. The number of nitrogens with zero attached hydrogens (tertiary/aromatic N) is 2. The predicted octanol–water partition coefficient (Wildman–Crippen LogP) is 3.08. The highest BCUT2D eigenvalue weighted by Gasteiger charge is 2.21. The van der Waals surface area contributed by atoms with Crippen LogP contribution < -0.4 is 10.1 Å². The molecule has 21 heavy (non-hydrogen) atoms. The van der Waals surface area contributed by atoms with E-state index >= 15 is 0 Å². The predicted molar refractivity (Wildman–Crippen MR) is 83.4 cm³/mol. The van der Waals surface area contributed by atoms with Crippen molar-refractivity contribution in [2.45, 2.75) is 45.9 Å². The molecule has 112 valence electrons. The van der Waals surface area contributed by atoms with Crippen molar-refractivity contribution in [3.8, 4) is 5.75 Å².